The van der Waals surface area contributed by atoms with Gasteiger partial charge in [0.1, 0.15) is 24.0 Å². The zero-order valence-electron chi connectivity index (χ0n) is 15.1. The molecule has 0 unspecified atom stereocenters. The molecule has 5 nitrogen and oxygen atoms in total. The van der Waals surface area contributed by atoms with Crippen molar-refractivity contribution in [3.8, 4) is 11.8 Å². The number of anilines is 1. The minimum absolute atomic E-state index is 0.431. The SMILES string of the molecule is N#CC(=CNc1ccc(OCc2ccccc2)cc1)c1nc2ccccc2[nH]1. The normalized spacial score (nSPS) is 11.2. The first-order chi connectivity index (χ1) is 13.8. The molecule has 0 fully saturated rings. The number of fused-ring (bicyclic) bond motifs is 1. The Balaban J connectivity index is 1.42. The van der Waals surface area contributed by atoms with E-state index in [1.54, 1.807) is 6.20 Å². The highest BCUT2D eigenvalue weighted by Gasteiger charge is 2.07. The Morgan fingerprint density at radius 1 is 1.00 bits per heavy atom. The van der Waals surface area contributed by atoms with Crippen molar-refractivity contribution in [2.75, 3.05) is 5.32 Å². The number of hydrogen-bond acceptors (Lipinski definition) is 4. The van der Waals surface area contributed by atoms with Crippen LogP contribution < -0.4 is 10.1 Å². The Hall–Kier alpha value is -4.04. The lowest BCUT2D eigenvalue weighted by Crippen LogP contribution is -1.96. The summed E-state index contributed by atoms with van der Waals surface area (Å²) >= 11 is 0. The molecule has 0 aliphatic heterocycles. The number of nitriles is 1. The van der Waals surface area contributed by atoms with Crippen LogP contribution in [0.3, 0.4) is 0 Å². The Labute approximate surface area is 162 Å². The highest BCUT2D eigenvalue weighted by Crippen LogP contribution is 2.19. The Morgan fingerprint density at radius 2 is 1.75 bits per heavy atom. The molecule has 5 heteroatoms. The molecule has 136 valence electrons. The largest absolute Gasteiger partial charge is 0.489 e. The number of imidazole rings is 1. The van der Waals surface area contributed by atoms with Gasteiger partial charge in [-0.2, -0.15) is 5.26 Å². The molecule has 0 aliphatic carbocycles. The topological polar surface area (TPSA) is 73.7 Å². The van der Waals surface area contributed by atoms with E-state index < -0.39 is 0 Å². The second-order valence-electron chi connectivity index (χ2n) is 6.22. The monoisotopic (exact) mass is 366 g/mol. The molecule has 0 amide bonds. The van der Waals surface area contributed by atoms with Gasteiger partial charge in [-0.3, -0.25) is 0 Å². The number of hydrogen-bond donors (Lipinski definition) is 2. The average Bonchev–Trinajstić information content (AvgIpc) is 3.18. The van der Waals surface area contributed by atoms with E-state index in [0.717, 1.165) is 28.0 Å². The summed E-state index contributed by atoms with van der Waals surface area (Å²) in [6.45, 7) is 0.526. The molecule has 0 bridgehead atoms. The van der Waals surface area contributed by atoms with E-state index >= 15 is 0 Å². The van der Waals surface area contributed by atoms with Gasteiger partial charge in [0.2, 0.25) is 0 Å². The van der Waals surface area contributed by atoms with Crippen LogP contribution in [0, 0.1) is 11.3 Å². The maximum absolute atomic E-state index is 9.47. The third-order valence-electron chi connectivity index (χ3n) is 4.25. The summed E-state index contributed by atoms with van der Waals surface area (Å²) in [7, 11) is 0. The number of allylic oxidation sites excluding steroid dienone is 1. The van der Waals surface area contributed by atoms with Crippen LogP contribution in [-0.2, 0) is 6.61 Å². The fourth-order valence-electron chi connectivity index (χ4n) is 2.78. The van der Waals surface area contributed by atoms with Gasteiger partial charge in [-0.15, -0.1) is 0 Å². The molecular formula is C23H18N4O. The summed E-state index contributed by atoms with van der Waals surface area (Å²) in [5.41, 5.74) is 4.14. The van der Waals surface area contributed by atoms with Gasteiger partial charge in [0.15, 0.2) is 5.82 Å². The smallest absolute Gasteiger partial charge is 0.150 e. The minimum atomic E-state index is 0.431. The van der Waals surface area contributed by atoms with Gasteiger partial charge in [0.05, 0.1) is 11.0 Å². The fourth-order valence-corrected chi connectivity index (χ4v) is 2.78. The summed E-state index contributed by atoms with van der Waals surface area (Å²) in [4.78, 5) is 7.62. The van der Waals surface area contributed by atoms with Crippen LogP contribution >= 0.6 is 0 Å². The van der Waals surface area contributed by atoms with Gasteiger partial charge in [-0.25, -0.2) is 4.98 Å². The lowest BCUT2D eigenvalue weighted by atomic mass is 10.2. The van der Waals surface area contributed by atoms with Crippen LogP contribution in [-0.4, -0.2) is 9.97 Å². The van der Waals surface area contributed by atoms with E-state index in [9.17, 15) is 5.26 Å². The average molecular weight is 366 g/mol. The molecule has 1 aromatic heterocycles. The van der Waals surface area contributed by atoms with Crippen LogP contribution in [0.5, 0.6) is 5.75 Å². The predicted molar refractivity (Wildman–Crippen MR) is 111 cm³/mol. The number of rotatable bonds is 6. The second kappa shape index (κ2) is 8.11. The lowest BCUT2D eigenvalue weighted by molar-refractivity contribution is 0.306. The van der Waals surface area contributed by atoms with Gasteiger partial charge < -0.3 is 15.0 Å². The number of H-pyrrole nitrogens is 1. The van der Waals surface area contributed by atoms with Crippen molar-refractivity contribution in [3.05, 3.63) is 96.5 Å². The number of benzene rings is 3. The maximum atomic E-state index is 9.47. The third-order valence-corrected chi connectivity index (χ3v) is 4.25. The van der Waals surface area contributed by atoms with Gasteiger partial charge in [0, 0.05) is 11.9 Å². The zero-order valence-corrected chi connectivity index (χ0v) is 15.1. The van der Waals surface area contributed by atoms with E-state index in [0.29, 0.717) is 18.0 Å². The molecular weight excluding hydrogens is 348 g/mol. The maximum Gasteiger partial charge on any atom is 0.150 e. The number of aromatic amines is 1. The number of ether oxygens (including phenoxy) is 1. The Morgan fingerprint density at radius 3 is 2.50 bits per heavy atom. The van der Waals surface area contributed by atoms with Gasteiger partial charge in [0.25, 0.3) is 0 Å². The van der Waals surface area contributed by atoms with Gasteiger partial charge in [-0.05, 0) is 42.0 Å². The van der Waals surface area contributed by atoms with E-state index in [1.807, 2.05) is 78.9 Å². The minimum Gasteiger partial charge on any atom is -0.489 e. The summed E-state index contributed by atoms with van der Waals surface area (Å²) in [6.07, 6.45) is 1.65. The summed E-state index contributed by atoms with van der Waals surface area (Å²) in [5.74, 6) is 1.33. The highest BCUT2D eigenvalue weighted by molar-refractivity contribution is 5.82. The summed E-state index contributed by atoms with van der Waals surface area (Å²) in [5, 5.41) is 12.6. The van der Waals surface area contributed by atoms with E-state index in [2.05, 4.69) is 21.4 Å². The number of nitrogens with one attached hydrogen (secondary N) is 2. The molecule has 0 aliphatic rings. The highest BCUT2D eigenvalue weighted by atomic mass is 16.5. The first-order valence-corrected chi connectivity index (χ1v) is 8.90. The first kappa shape index (κ1) is 17.4. The molecule has 0 spiro atoms. The Kier molecular flexibility index (Phi) is 5.03. The molecule has 2 N–H and O–H groups in total. The first-order valence-electron chi connectivity index (χ1n) is 8.90. The van der Waals surface area contributed by atoms with Crippen molar-refractivity contribution in [1.29, 1.82) is 5.26 Å². The third kappa shape index (κ3) is 4.02. The van der Waals surface area contributed by atoms with Crippen molar-refractivity contribution < 1.29 is 4.74 Å². The number of aromatic nitrogens is 2. The zero-order chi connectivity index (χ0) is 19.2. The molecule has 0 radical (unpaired) electrons. The molecule has 4 rings (SSSR count). The number of nitrogens with zero attached hydrogens (tertiary/aromatic N) is 2. The van der Waals surface area contributed by atoms with Gasteiger partial charge >= 0.3 is 0 Å². The molecule has 0 saturated carbocycles. The standard InChI is InChI=1S/C23H18N4O/c24-14-18(23-26-21-8-4-5-9-22(21)27-23)15-25-19-10-12-20(13-11-19)28-16-17-6-2-1-3-7-17/h1-13,15,25H,16H2,(H,26,27). The number of para-hydroxylation sites is 2. The van der Waals surface area contributed by atoms with Crippen molar-refractivity contribution in [1.82, 2.24) is 9.97 Å². The molecule has 0 atom stereocenters. The van der Waals surface area contributed by atoms with Crippen molar-refractivity contribution in [2.45, 2.75) is 6.61 Å². The quantitative estimate of drug-likeness (QED) is 0.465. The van der Waals surface area contributed by atoms with Crippen LogP contribution in [0.1, 0.15) is 11.4 Å². The van der Waals surface area contributed by atoms with E-state index in [1.165, 1.54) is 0 Å². The van der Waals surface area contributed by atoms with E-state index in [4.69, 9.17) is 4.74 Å². The van der Waals surface area contributed by atoms with Crippen LogP contribution in [0.15, 0.2) is 85.1 Å². The predicted octanol–water partition coefficient (Wildman–Crippen LogP) is 5.12. The molecule has 4 aromatic rings. The fraction of sp³-hybridized carbons (Fsp3) is 0.0435. The van der Waals surface area contributed by atoms with E-state index in [-0.39, 0.29) is 0 Å². The molecule has 1 heterocycles. The summed E-state index contributed by atoms with van der Waals surface area (Å²) in [6, 6.07) is 27.5. The molecule has 0 saturated heterocycles. The lowest BCUT2D eigenvalue weighted by Gasteiger charge is -2.07. The van der Waals surface area contributed by atoms with Crippen LogP contribution in [0.4, 0.5) is 5.69 Å². The van der Waals surface area contributed by atoms with Crippen molar-refractivity contribution >= 4 is 22.3 Å². The van der Waals surface area contributed by atoms with Crippen molar-refractivity contribution in [3.63, 3.8) is 0 Å². The van der Waals surface area contributed by atoms with Crippen LogP contribution in [0.25, 0.3) is 16.6 Å². The summed E-state index contributed by atoms with van der Waals surface area (Å²) < 4.78 is 5.79. The molecule has 3 aromatic carbocycles. The van der Waals surface area contributed by atoms with Crippen molar-refractivity contribution in [2.24, 2.45) is 0 Å². The van der Waals surface area contributed by atoms with Gasteiger partial charge in [-0.1, -0.05) is 42.5 Å². The molecule has 28 heavy (non-hydrogen) atoms. The Bertz CT molecular complexity index is 1110. The second-order valence-corrected chi connectivity index (χ2v) is 6.22. The van der Waals surface area contributed by atoms with Crippen LogP contribution in [0.2, 0.25) is 0 Å².